The summed E-state index contributed by atoms with van der Waals surface area (Å²) in [6.45, 7) is 6.76. The molecule has 1 fully saturated rings. The molecule has 1 amide bonds. The summed E-state index contributed by atoms with van der Waals surface area (Å²) in [5.41, 5.74) is 2.59. The Bertz CT molecular complexity index is 215. The van der Waals surface area contributed by atoms with E-state index in [2.05, 4.69) is 26.2 Å². The summed E-state index contributed by atoms with van der Waals surface area (Å²) in [6.07, 6.45) is 4.35. The van der Waals surface area contributed by atoms with Gasteiger partial charge in [0.15, 0.2) is 0 Å². The van der Waals surface area contributed by atoms with Crippen LogP contribution in [0.2, 0.25) is 0 Å². The minimum absolute atomic E-state index is 0.0107. The van der Waals surface area contributed by atoms with Crippen LogP contribution < -0.4 is 11.3 Å². The predicted molar refractivity (Wildman–Crippen MR) is 57.2 cm³/mol. The fourth-order valence-electron chi connectivity index (χ4n) is 2.39. The Morgan fingerprint density at radius 3 is 2.71 bits per heavy atom. The smallest absolute Gasteiger partial charge is 0.237 e. The Morgan fingerprint density at radius 2 is 2.21 bits per heavy atom. The summed E-state index contributed by atoms with van der Waals surface area (Å²) >= 11 is 0. The zero-order valence-electron chi connectivity index (χ0n) is 9.47. The molecule has 0 aromatic heterocycles. The van der Waals surface area contributed by atoms with E-state index in [9.17, 15) is 4.79 Å². The monoisotopic (exact) mass is 198 g/mol. The molecular formula is C11H22N2O. The number of carbonyl (C=O) groups excluding carboxylic acids is 1. The van der Waals surface area contributed by atoms with Crippen LogP contribution in [0.1, 0.15) is 46.5 Å². The van der Waals surface area contributed by atoms with Crippen molar-refractivity contribution in [2.24, 2.45) is 23.1 Å². The molecule has 3 heteroatoms. The van der Waals surface area contributed by atoms with Crippen LogP contribution in [-0.2, 0) is 4.79 Å². The third-order valence-electron chi connectivity index (χ3n) is 3.92. The molecule has 0 aromatic carbocycles. The van der Waals surface area contributed by atoms with Gasteiger partial charge in [-0.3, -0.25) is 10.2 Å². The lowest BCUT2D eigenvalue weighted by Crippen LogP contribution is -2.41. The Balaban J connectivity index is 2.64. The molecular weight excluding hydrogens is 176 g/mol. The highest BCUT2D eigenvalue weighted by Gasteiger charge is 2.37. The van der Waals surface area contributed by atoms with Crippen molar-refractivity contribution in [2.75, 3.05) is 0 Å². The van der Waals surface area contributed by atoms with Crippen molar-refractivity contribution in [1.29, 1.82) is 0 Å². The van der Waals surface area contributed by atoms with E-state index in [1.54, 1.807) is 0 Å². The van der Waals surface area contributed by atoms with Crippen LogP contribution in [0, 0.1) is 17.3 Å². The van der Waals surface area contributed by atoms with Gasteiger partial charge in [-0.25, -0.2) is 5.84 Å². The van der Waals surface area contributed by atoms with Crippen molar-refractivity contribution in [2.45, 2.75) is 46.5 Å². The molecule has 3 N–H and O–H groups in total. The molecule has 3 nitrogen and oxygen atoms in total. The number of nitrogens with two attached hydrogens (primary N) is 1. The van der Waals surface area contributed by atoms with Gasteiger partial charge in [0.1, 0.15) is 0 Å². The number of hydrogen-bond donors (Lipinski definition) is 2. The van der Waals surface area contributed by atoms with Gasteiger partial charge in [-0.05, 0) is 30.6 Å². The zero-order chi connectivity index (χ0) is 10.8. The highest BCUT2D eigenvalue weighted by Crippen LogP contribution is 2.44. The van der Waals surface area contributed by atoms with Gasteiger partial charge in [0.05, 0.1) is 0 Å². The van der Waals surface area contributed by atoms with E-state index in [1.807, 2.05) is 0 Å². The molecule has 0 spiro atoms. The minimum atomic E-state index is 0.0107. The molecule has 0 aromatic rings. The van der Waals surface area contributed by atoms with Crippen molar-refractivity contribution in [3.63, 3.8) is 0 Å². The lowest BCUT2D eigenvalue weighted by molar-refractivity contribution is -0.127. The van der Waals surface area contributed by atoms with Crippen molar-refractivity contribution in [3.8, 4) is 0 Å². The highest BCUT2D eigenvalue weighted by atomic mass is 16.2. The average molecular weight is 198 g/mol. The van der Waals surface area contributed by atoms with Crippen LogP contribution >= 0.6 is 0 Å². The third-order valence-corrected chi connectivity index (χ3v) is 3.92. The van der Waals surface area contributed by atoms with Gasteiger partial charge in [0, 0.05) is 5.92 Å². The van der Waals surface area contributed by atoms with Gasteiger partial charge in [-0.15, -0.1) is 0 Å². The molecule has 2 atom stereocenters. The number of carbonyl (C=O) groups is 1. The van der Waals surface area contributed by atoms with Gasteiger partial charge in [-0.2, -0.15) is 0 Å². The minimum Gasteiger partial charge on any atom is -0.294 e. The molecule has 1 aliphatic carbocycles. The fraction of sp³-hybridized carbons (Fsp3) is 0.909. The second kappa shape index (κ2) is 4.30. The van der Waals surface area contributed by atoms with E-state index in [-0.39, 0.29) is 11.8 Å². The molecule has 14 heavy (non-hydrogen) atoms. The summed E-state index contributed by atoms with van der Waals surface area (Å²) in [6, 6.07) is 0. The number of amides is 1. The maximum Gasteiger partial charge on any atom is 0.237 e. The number of hydrogen-bond acceptors (Lipinski definition) is 2. The Hall–Kier alpha value is -0.570. The SMILES string of the molecule is CC(C)[C@@]1(C)CCC[C@@H](C(=O)NN)C1. The summed E-state index contributed by atoms with van der Waals surface area (Å²) in [5, 5.41) is 0. The zero-order valence-corrected chi connectivity index (χ0v) is 9.47. The number of hydrazine groups is 1. The molecule has 0 aliphatic heterocycles. The molecule has 1 rings (SSSR count). The van der Waals surface area contributed by atoms with Crippen molar-refractivity contribution in [3.05, 3.63) is 0 Å². The van der Waals surface area contributed by atoms with Crippen LogP contribution in [0.5, 0.6) is 0 Å². The first-order valence-corrected chi connectivity index (χ1v) is 5.50. The molecule has 0 heterocycles. The van der Waals surface area contributed by atoms with Crippen molar-refractivity contribution in [1.82, 2.24) is 5.43 Å². The van der Waals surface area contributed by atoms with Gasteiger partial charge in [-0.1, -0.05) is 27.2 Å². The lowest BCUT2D eigenvalue weighted by Gasteiger charge is -2.40. The van der Waals surface area contributed by atoms with E-state index in [1.165, 1.54) is 6.42 Å². The molecule has 1 saturated carbocycles. The molecule has 82 valence electrons. The second-order valence-electron chi connectivity index (χ2n) is 5.11. The van der Waals surface area contributed by atoms with E-state index in [0.717, 1.165) is 19.3 Å². The number of rotatable bonds is 2. The first-order chi connectivity index (χ1) is 6.49. The topological polar surface area (TPSA) is 55.1 Å². The Kier molecular flexibility index (Phi) is 3.53. The van der Waals surface area contributed by atoms with Crippen molar-refractivity contribution >= 4 is 5.91 Å². The third kappa shape index (κ3) is 2.27. The Morgan fingerprint density at radius 1 is 1.57 bits per heavy atom. The maximum atomic E-state index is 11.4. The van der Waals surface area contributed by atoms with Crippen LogP contribution in [0.25, 0.3) is 0 Å². The van der Waals surface area contributed by atoms with E-state index in [0.29, 0.717) is 11.3 Å². The molecule has 0 bridgehead atoms. The Labute approximate surface area is 86.4 Å². The summed E-state index contributed by atoms with van der Waals surface area (Å²) in [7, 11) is 0. The largest absolute Gasteiger partial charge is 0.294 e. The average Bonchev–Trinajstić information content (AvgIpc) is 2.16. The second-order valence-corrected chi connectivity index (χ2v) is 5.11. The lowest BCUT2D eigenvalue weighted by atomic mass is 9.65. The van der Waals surface area contributed by atoms with Crippen molar-refractivity contribution < 1.29 is 4.79 Å². The first kappa shape index (κ1) is 11.5. The van der Waals surface area contributed by atoms with Gasteiger partial charge < -0.3 is 0 Å². The summed E-state index contributed by atoms with van der Waals surface area (Å²) in [5.74, 6) is 5.94. The normalized spacial score (nSPS) is 33.1. The molecule has 0 saturated heterocycles. The number of nitrogens with one attached hydrogen (secondary N) is 1. The maximum absolute atomic E-state index is 11.4. The highest BCUT2D eigenvalue weighted by molar-refractivity contribution is 5.78. The van der Waals surface area contributed by atoms with E-state index in [4.69, 9.17) is 5.84 Å². The van der Waals surface area contributed by atoms with Crippen LogP contribution in [0.3, 0.4) is 0 Å². The summed E-state index contributed by atoms with van der Waals surface area (Å²) in [4.78, 5) is 11.4. The molecule has 0 radical (unpaired) electrons. The van der Waals surface area contributed by atoms with Gasteiger partial charge in [0.25, 0.3) is 0 Å². The standard InChI is InChI=1S/C11H22N2O/c1-8(2)11(3)6-4-5-9(7-11)10(14)13-12/h8-9H,4-7,12H2,1-3H3,(H,13,14)/t9-,11+/m1/s1. The van der Waals surface area contributed by atoms with Gasteiger partial charge >= 0.3 is 0 Å². The van der Waals surface area contributed by atoms with Gasteiger partial charge in [0.2, 0.25) is 5.91 Å². The van der Waals surface area contributed by atoms with Crippen LogP contribution in [-0.4, -0.2) is 5.91 Å². The van der Waals surface area contributed by atoms with Crippen LogP contribution in [0.15, 0.2) is 0 Å². The first-order valence-electron chi connectivity index (χ1n) is 5.50. The van der Waals surface area contributed by atoms with E-state index >= 15 is 0 Å². The molecule has 0 unspecified atom stereocenters. The molecule has 1 aliphatic rings. The summed E-state index contributed by atoms with van der Waals surface area (Å²) < 4.78 is 0. The quantitative estimate of drug-likeness (QED) is 0.404. The predicted octanol–water partition coefficient (Wildman–Crippen LogP) is 1.83. The fourth-order valence-corrected chi connectivity index (χ4v) is 2.39. The van der Waals surface area contributed by atoms with Crippen LogP contribution in [0.4, 0.5) is 0 Å². The van der Waals surface area contributed by atoms with E-state index < -0.39 is 0 Å².